The van der Waals surface area contributed by atoms with Gasteiger partial charge in [-0.3, -0.25) is 4.79 Å². The van der Waals surface area contributed by atoms with Gasteiger partial charge in [0, 0.05) is 17.0 Å². The van der Waals surface area contributed by atoms with Crippen LogP contribution in [0.2, 0.25) is 0 Å². The van der Waals surface area contributed by atoms with E-state index in [2.05, 4.69) is 11.9 Å². The number of para-hydroxylation sites is 1. The number of amides is 1. The predicted molar refractivity (Wildman–Crippen MR) is 128 cm³/mol. The molecule has 0 N–H and O–H groups in total. The van der Waals surface area contributed by atoms with Gasteiger partial charge in [-0.15, -0.1) is 0 Å². The highest BCUT2D eigenvalue weighted by atomic mass is 32.2. The van der Waals surface area contributed by atoms with Crippen molar-refractivity contribution < 1.29 is 22.7 Å². The Hall–Kier alpha value is -2.52. The second kappa shape index (κ2) is 9.95. The quantitative estimate of drug-likeness (QED) is 0.541. The number of benzene rings is 2. The van der Waals surface area contributed by atoms with Crippen LogP contribution in [0.4, 0.5) is 5.69 Å². The van der Waals surface area contributed by atoms with E-state index < -0.39 is 15.7 Å². The third-order valence-electron chi connectivity index (χ3n) is 5.25. The SMILES string of the molecule is CCCCOc1cccc(N2C(=NC(=O)COc3ccccc3)S[C@@H]3CS(=O)(=O)C[C@H]32)c1. The molecule has 2 heterocycles. The van der Waals surface area contributed by atoms with Crippen LogP contribution < -0.4 is 14.4 Å². The molecule has 32 heavy (non-hydrogen) atoms. The van der Waals surface area contributed by atoms with Gasteiger partial charge in [-0.2, -0.15) is 4.99 Å². The summed E-state index contributed by atoms with van der Waals surface area (Å²) in [6, 6.07) is 16.3. The number of unbranched alkanes of at least 4 members (excludes halogenated alkanes) is 1. The molecule has 0 radical (unpaired) electrons. The van der Waals surface area contributed by atoms with Crippen LogP contribution in [0.3, 0.4) is 0 Å². The van der Waals surface area contributed by atoms with Crippen LogP contribution in [0.1, 0.15) is 19.8 Å². The maximum Gasteiger partial charge on any atom is 0.285 e. The number of hydrogen-bond donors (Lipinski definition) is 0. The smallest absolute Gasteiger partial charge is 0.285 e. The van der Waals surface area contributed by atoms with Crippen LogP contribution in [0.15, 0.2) is 59.6 Å². The van der Waals surface area contributed by atoms with Crippen molar-refractivity contribution in [1.82, 2.24) is 0 Å². The fourth-order valence-corrected chi connectivity index (χ4v) is 7.66. The monoisotopic (exact) mass is 474 g/mol. The van der Waals surface area contributed by atoms with Gasteiger partial charge in [-0.1, -0.05) is 49.4 Å². The lowest BCUT2D eigenvalue weighted by molar-refractivity contribution is -0.119. The molecule has 1 amide bonds. The molecule has 0 unspecified atom stereocenters. The van der Waals surface area contributed by atoms with Crippen molar-refractivity contribution in [1.29, 1.82) is 0 Å². The highest BCUT2D eigenvalue weighted by Crippen LogP contribution is 2.41. The van der Waals surface area contributed by atoms with E-state index >= 15 is 0 Å². The van der Waals surface area contributed by atoms with E-state index in [4.69, 9.17) is 9.47 Å². The van der Waals surface area contributed by atoms with Crippen LogP contribution in [0, 0.1) is 0 Å². The van der Waals surface area contributed by atoms with E-state index in [0.29, 0.717) is 23.3 Å². The highest BCUT2D eigenvalue weighted by Gasteiger charge is 2.49. The van der Waals surface area contributed by atoms with Crippen molar-refractivity contribution in [3.8, 4) is 11.5 Å². The van der Waals surface area contributed by atoms with Gasteiger partial charge in [0.05, 0.1) is 24.2 Å². The molecular formula is C23H26N2O5S2. The second-order valence-corrected chi connectivity index (χ2v) is 11.1. The zero-order valence-electron chi connectivity index (χ0n) is 17.8. The molecular weight excluding hydrogens is 448 g/mol. The first kappa shape index (κ1) is 22.7. The molecule has 2 aromatic rings. The number of thioether (sulfide) groups is 1. The first-order valence-electron chi connectivity index (χ1n) is 10.6. The molecule has 170 valence electrons. The third-order valence-corrected chi connectivity index (χ3v) is 8.46. The number of sulfone groups is 1. The Morgan fingerprint density at radius 2 is 1.88 bits per heavy atom. The standard InChI is InChI=1S/C23H26N2O5S2/c1-2-3-12-29-19-11-7-8-17(13-19)25-20-15-32(27,28)16-21(20)31-23(25)24-22(26)14-30-18-9-5-4-6-10-18/h4-11,13,20-21H,2-3,12,14-16H2,1H3/t20-,21-/m1/s1. The Labute approximate surface area is 192 Å². The molecule has 0 aliphatic carbocycles. The lowest BCUT2D eigenvalue weighted by atomic mass is 10.2. The van der Waals surface area contributed by atoms with E-state index in [1.807, 2.05) is 47.4 Å². The fraction of sp³-hybridized carbons (Fsp3) is 0.391. The summed E-state index contributed by atoms with van der Waals surface area (Å²) in [5.41, 5.74) is 0.770. The summed E-state index contributed by atoms with van der Waals surface area (Å²) in [7, 11) is -3.13. The van der Waals surface area contributed by atoms with Gasteiger partial charge in [-0.05, 0) is 30.7 Å². The van der Waals surface area contributed by atoms with Crippen molar-refractivity contribution in [2.75, 3.05) is 29.6 Å². The van der Waals surface area contributed by atoms with Gasteiger partial charge in [0.2, 0.25) is 0 Å². The number of rotatable bonds is 8. The molecule has 2 aliphatic rings. The Morgan fingerprint density at radius 1 is 1.09 bits per heavy atom. The van der Waals surface area contributed by atoms with Crippen LogP contribution in [-0.4, -0.2) is 55.5 Å². The molecule has 2 aromatic carbocycles. The van der Waals surface area contributed by atoms with E-state index in [1.165, 1.54) is 11.8 Å². The van der Waals surface area contributed by atoms with Crippen LogP contribution in [0.5, 0.6) is 11.5 Å². The zero-order chi connectivity index (χ0) is 22.6. The van der Waals surface area contributed by atoms with Gasteiger partial charge < -0.3 is 14.4 Å². The minimum Gasteiger partial charge on any atom is -0.494 e. The number of aliphatic imine (C=N–C) groups is 1. The average Bonchev–Trinajstić information content (AvgIpc) is 3.24. The Balaban J connectivity index is 1.55. The number of carbonyl (C=O) groups is 1. The normalized spacial score (nSPS) is 22.7. The van der Waals surface area contributed by atoms with Crippen molar-refractivity contribution >= 4 is 38.4 Å². The van der Waals surface area contributed by atoms with E-state index in [0.717, 1.165) is 18.5 Å². The number of hydrogen-bond acceptors (Lipinski definition) is 6. The van der Waals surface area contributed by atoms with E-state index in [1.54, 1.807) is 12.1 Å². The maximum atomic E-state index is 12.5. The number of fused-ring (bicyclic) bond motifs is 1. The molecule has 0 bridgehead atoms. The van der Waals surface area contributed by atoms with E-state index in [-0.39, 0.29) is 29.4 Å². The molecule has 2 atom stereocenters. The third kappa shape index (κ3) is 5.45. The molecule has 7 nitrogen and oxygen atoms in total. The average molecular weight is 475 g/mol. The lowest BCUT2D eigenvalue weighted by Gasteiger charge is -2.25. The summed E-state index contributed by atoms with van der Waals surface area (Å²) < 4.78 is 35.9. The molecule has 9 heteroatoms. The summed E-state index contributed by atoms with van der Waals surface area (Å²) in [5.74, 6) is 1.01. The summed E-state index contributed by atoms with van der Waals surface area (Å²) >= 11 is 1.34. The number of anilines is 1. The fourth-order valence-electron chi connectivity index (χ4n) is 3.72. The molecule has 2 aliphatic heterocycles. The first-order valence-corrected chi connectivity index (χ1v) is 13.3. The summed E-state index contributed by atoms with van der Waals surface area (Å²) in [6.07, 6.45) is 1.99. The van der Waals surface area contributed by atoms with Crippen LogP contribution in [0.25, 0.3) is 0 Å². The topological polar surface area (TPSA) is 85.3 Å². The molecule has 2 fully saturated rings. The number of amidine groups is 1. The first-order chi connectivity index (χ1) is 15.4. The van der Waals surface area contributed by atoms with Crippen LogP contribution >= 0.6 is 11.8 Å². The second-order valence-electron chi connectivity index (χ2n) is 7.76. The Kier molecular flexibility index (Phi) is 7.05. The van der Waals surface area contributed by atoms with Crippen molar-refractivity contribution in [2.24, 2.45) is 4.99 Å². The molecule has 2 saturated heterocycles. The summed E-state index contributed by atoms with van der Waals surface area (Å²) in [5, 5.41) is 0.341. The van der Waals surface area contributed by atoms with Crippen LogP contribution in [-0.2, 0) is 14.6 Å². The number of carbonyl (C=O) groups excluding carboxylic acids is 1. The largest absolute Gasteiger partial charge is 0.494 e. The van der Waals surface area contributed by atoms with E-state index in [9.17, 15) is 13.2 Å². The molecule has 0 saturated carbocycles. The zero-order valence-corrected chi connectivity index (χ0v) is 19.5. The Bertz CT molecular complexity index is 1090. The molecule has 4 rings (SSSR count). The number of nitrogens with zero attached hydrogens (tertiary/aromatic N) is 2. The number of ether oxygens (including phenoxy) is 2. The van der Waals surface area contributed by atoms with Gasteiger partial charge in [0.15, 0.2) is 21.6 Å². The molecule has 0 aromatic heterocycles. The molecule has 0 spiro atoms. The summed E-state index contributed by atoms with van der Waals surface area (Å²) in [6.45, 7) is 2.53. The summed E-state index contributed by atoms with van der Waals surface area (Å²) in [4.78, 5) is 18.7. The van der Waals surface area contributed by atoms with Crippen molar-refractivity contribution in [3.05, 3.63) is 54.6 Å². The highest BCUT2D eigenvalue weighted by molar-refractivity contribution is 8.16. The predicted octanol–water partition coefficient (Wildman–Crippen LogP) is 3.55. The van der Waals surface area contributed by atoms with Crippen molar-refractivity contribution in [2.45, 2.75) is 31.1 Å². The van der Waals surface area contributed by atoms with Crippen molar-refractivity contribution in [3.63, 3.8) is 0 Å². The van der Waals surface area contributed by atoms with Gasteiger partial charge >= 0.3 is 0 Å². The minimum absolute atomic E-state index is 0.0410. The van der Waals surface area contributed by atoms with Gasteiger partial charge in [0.1, 0.15) is 11.5 Å². The van der Waals surface area contributed by atoms with Gasteiger partial charge in [0.25, 0.3) is 5.91 Å². The van der Waals surface area contributed by atoms with Gasteiger partial charge in [-0.25, -0.2) is 8.42 Å². The minimum atomic E-state index is -3.13. The Morgan fingerprint density at radius 3 is 2.66 bits per heavy atom. The lowest BCUT2D eigenvalue weighted by Crippen LogP contribution is -2.37. The maximum absolute atomic E-state index is 12.5.